The van der Waals surface area contributed by atoms with Crippen LogP contribution >= 0.6 is 0 Å². The number of aldehydes is 1. The standard InChI is InChI=1S/C19H26N4O3/c1-13-11-22(9-8-21(13)2)16-6-3-5-14-15(16)12-23(19(14)26)17(18(20)25)7-4-10-24/h3,5-6,10,13,17H,4,7-9,11-12H2,1-2H3,(H2,20,25). The number of nitrogens with two attached hydrogens (primary N) is 1. The molecule has 0 aliphatic carbocycles. The number of anilines is 1. The van der Waals surface area contributed by atoms with E-state index in [1.807, 2.05) is 12.1 Å². The number of carbonyl (C=O) groups excluding carboxylic acids is 3. The quantitative estimate of drug-likeness (QED) is 0.753. The van der Waals surface area contributed by atoms with E-state index in [0.717, 1.165) is 37.2 Å². The fourth-order valence-corrected chi connectivity index (χ4v) is 3.83. The van der Waals surface area contributed by atoms with E-state index in [1.54, 1.807) is 6.07 Å². The van der Waals surface area contributed by atoms with Crippen LogP contribution < -0.4 is 10.6 Å². The monoisotopic (exact) mass is 358 g/mol. The molecular weight excluding hydrogens is 332 g/mol. The SMILES string of the molecule is CC1CN(c2cccc3c2CN(C(CCC=O)C(N)=O)C3=O)CCN1C. The Bertz CT molecular complexity index is 721. The normalized spacial score (nSPS) is 21.6. The van der Waals surface area contributed by atoms with Gasteiger partial charge < -0.3 is 25.2 Å². The summed E-state index contributed by atoms with van der Waals surface area (Å²) in [6, 6.07) is 5.41. The fraction of sp³-hybridized carbons (Fsp3) is 0.526. The maximum Gasteiger partial charge on any atom is 0.255 e. The molecule has 2 aliphatic rings. The van der Waals surface area contributed by atoms with Gasteiger partial charge in [0.1, 0.15) is 12.3 Å². The zero-order valence-corrected chi connectivity index (χ0v) is 15.4. The predicted molar refractivity (Wildman–Crippen MR) is 98.9 cm³/mol. The summed E-state index contributed by atoms with van der Waals surface area (Å²) in [6.07, 6.45) is 1.22. The van der Waals surface area contributed by atoms with Crippen molar-refractivity contribution in [1.29, 1.82) is 0 Å². The Balaban J connectivity index is 1.88. The van der Waals surface area contributed by atoms with E-state index in [0.29, 0.717) is 18.2 Å². The molecule has 1 aromatic carbocycles. The van der Waals surface area contributed by atoms with Crippen molar-refractivity contribution in [3.8, 4) is 0 Å². The highest BCUT2D eigenvalue weighted by molar-refractivity contribution is 6.02. The van der Waals surface area contributed by atoms with Crippen LogP contribution in [0.25, 0.3) is 0 Å². The average Bonchev–Trinajstić information content (AvgIpc) is 2.94. The number of hydrogen-bond donors (Lipinski definition) is 1. The van der Waals surface area contributed by atoms with Gasteiger partial charge in [0.2, 0.25) is 5.91 Å². The summed E-state index contributed by atoms with van der Waals surface area (Å²) in [4.78, 5) is 41.6. The molecule has 3 rings (SSSR count). The molecule has 140 valence electrons. The van der Waals surface area contributed by atoms with E-state index in [2.05, 4.69) is 23.8 Å². The second-order valence-corrected chi connectivity index (χ2v) is 7.17. The van der Waals surface area contributed by atoms with Gasteiger partial charge in [-0.25, -0.2) is 0 Å². The number of carbonyl (C=O) groups is 3. The van der Waals surface area contributed by atoms with Gasteiger partial charge >= 0.3 is 0 Å². The molecule has 2 amide bonds. The summed E-state index contributed by atoms with van der Waals surface area (Å²) in [5.41, 5.74) is 8.14. The number of piperazine rings is 1. The molecule has 2 N–H and O–H groups in total. The minimum Gasteiger partial charge on any atom is -0.368 e. The summed E-state index contributed by atoms with van der Waals surface area (Å²) in [5.74, 6) is -0.749. The molecule has 2 heterocycles. The molecule has 2 unspecified atom stereocenters. The Hall–Kier alpha value is -2.41. The van der Waals surface area contributed by atoms with Crippen molar-refractivity contribution in [3.05, 3.63) is 29.3 Å². The number of likely N-dealkylation sites (N-methyl/N-ethyl adjacent to an activating group) is 1. The Morgan fingerprint density at radius 3 is 2.81 bits per heavy atom. The van der Waals surface area contributed by atoms with Gasteiger partial charge in [-0.15, -0.1) is 0 Å². The maximum atomic E-state index is 12.9. The zero-order chi connectivity index (χ0) is 18.8. The van der Waals surface area contributed by atoms with Crippen LogP contribution in [-0.4, -0.2) is 66.7 Å². The third kappa shape index (κ3) is 3.31. The highest BCUT2D eigenvalue weighted by Crippen LogP contribution is 2.34. The molecule has 1 fully saturated rings. The number of primary amides is 1. The van der Waals surface area contributed by atoms with Crippen LogP contribution in [0.3, 0.4) is 0 Å². The van der Waals surface area contributed by atoms with Crippen LogP contribution in [0.15, 0.2) is 18.2 Å². The second-order valence-electron chi connectivity index (χ2n) is 7.17. The first-order chi connectivity index (χ1) is 12.4. The molecule has 1 aromatic rings. The molecule has 0 bridgehead atoms. The van der Waals surface area contributed by atoms with Gasteiger partial charge in [0, 0.05) is 55.5 Å². The third-order valence-electron chi connectivity index (χ3n) is 5.53. The molecule has 0 spiro atoms. The summed E-state index contributed by atoms with van der Waals surface area (Å²) < 4.78 is 0. The molecule has 7 heteroatoms. The first-order valence-electron chi connectivity index (χ1n) is 9.05. The third-order valence-corrected chi connectivity index (χ3v) is 5.53. The average molecular weight is 358 g/mol. The number of amides is 2. The van der Waals surface area contributed by atoms with E-state index < -0.39 is 11.9 Å². The molecule has 0 saturated carbocycles. The molecule has 7 nitrogen and oxygen atoms in total. The Morgan fingerprint density at radius 2 is 2.15 bits per heavy atom. The first-order valence-corrected chi connectivity index (χ1v) is 9.05. The second kappa shape index (κ2) is 7.45. The lowest BCUT2D eigenvalue weighted by molar-refractivity contribution is -0.122. The van der Waals surface area contributed by atoms with Crippen LogP contribution in [0.1, 0.15) is 35.7 Å². The number of nitrogens with zero attached hydrogens (tertiary/aromatic N) is 3. The van der Waals surface area contributed by atoms with Crippen LogP contribution in [-0.2, 0) is 16.1 Å². The number of hydrogen-bond acceptors (Lipinski definition) is 5. The van der Waals surface area contributed by atoms with Crippen molar-refractivity contribution in [2.75, 3.05) is 31.6 Å². The highest BCUT2D eigenvalue weighted by atomic mass is 16.2. The Labute approximate surface area is 153 Å². The fourth-order valence-electron chi connectivity index (χ4n) is 3.83. The van der Waals surface area contributed by atoms with E-state index in [9.17, 15) is 14.4 Å². The molecule has 26 heavy (non-hydrogen) atoms. The molecule has 0 aromatic heterocycles. The summed E-state index contributed by atoms with van der Waals surface area (Å²) in [6.45, 7) is 5.31. The van der Waals surface area contributed by atoms with Gasteiger partial charge in [-0.2, -0.15) is 0 Å². The van der Waals surface area contributed by atoms with Gasteiger partial charge in [0.05, 0.1) is 0 Å². The lowest BCUT2D eigenvalue weighted by Crippen LogP contribution is -2.50. The highest BCUT2D eigenvalue weighted by Gasteiger charge is 2.37. The van der Waals surface area contributed by atoms with Gasteiger partial charge in [0.25, 0.3) is 5.91 Å². The summed E-state index contributed by atoms with van der Waals surface area (Å²) in [5, 5.41) is 0. The van der Waals surface area contributed by atoms with Crippen molar-refractivity contribution in [1.82, 2.24) is 9.80 Å². The van der Waals surface area contributed by atoms with Gasteiger partial charge in [-0.05, 0) is 32.5 Å². The van der Waals surface area contributed by atoms with Gasteiger partial charge in [-0.1, -0.05) is 6.07 Å². The minimum atomic E-state index is -0.751. The maximum absolute atomic E-state index is 12.9. The molecule has 2 aliphatic heterocycles. The molecule has 1 saturated heterocycles. The lowest BCUT2D eigenvalue weighted by Gasteiger charge is -2.39. The van der Waals surface area contributed by atoms with Crippen LogP contribution in [0.4, 0.5) is 5.69 Å². The molecular formula is C19H26N4O3. The number of fused-ring (bicyclic) bond motifs is 1. The van der Waals surface area contributed by atoms with Crippen molar-refractivity contribution in [3.63, 3.8) is 0 Å². The summed E-state index contributed by atoms with van der Waals surface area (Å²) in [7, 11) is 2.12. The Morgan fingerprint density at radius 1 is 1.38 bits per heavy atom. The zero-order valence-electron chi connectivity index (χ0n) is 15.4. The van der Waals surface area contributed by atoms with Crippen molar-refractivity contribution >= 4 is 23.8 Å². The van der Waals surface area contributed by atoms with Crippen molar-refractivity contribution < 1.29 is 14.4 Å². The van der Waals surface area contributed by atoms with Crippen LogP contribution in [0, 0.1) is 0 Å². The van der Waals surface area contributed by atoms with E-state index in [1.165, 1.54) is 4.90 Å². The lowest BCUT2D eigenvalue weighted by atomic mass is 10.1. The minimum absolute atomic E-state index is 0.182. The molecule has 0 radical (unpaired) electrons. The number of rotatable bonds is 6. The van der Waals surface area contributed by atoms with Crippen LogP contribution in [0.5, 0.6) is 0 Å². The molecule has 2 atom stereocenters. The van der Waals surface area contributed by atoms with E-state index >= 15 is 0 Å². The van der Waals surface area contributed by atoms with Gasteiger partial charge in [-0.3, -0.25) is 9.59 Å². The van der Waals surface area contributed by atoms with Crippen molar-refractivity contribution in [2.45, 2.75) is 38.4 Å². The first kappa shape index (κ1) is 18.4. The van der Waals surface area contributed by atoms with Crippen LogP contribution in [0.2, 0.25) is 0 Å². The smallest absolute Gasteiger partial charge is 0.255 e. The van der Waals surface area contributed by atoms with E-state index in [4.69, 9.17) is 5.73 Å². The topological polar surface area (TPSA) is 87.0 Å². The van der Waals surface area contributed by atoms with Crippen molar-refractivity contribution in [2.24, 2.45) is 5.73 Å². The Kier molecular flexibility index (Phi) is 5.27. The van der Waals surface area contributed by atoms with E-state index in [-0.39, 0.29) is 18.7 Å². The summed E-state index contributed by atoms with van der Waals surface area (Å²) >= 11 is 0. The predicted octanol–water partition coefficient (Wildman–Crippen LogP) is 0.616. The number of benzene rings is 1. The van der Waals surface area contributed by atoms with Gasteiger partial charge in [0.15, 0.2) is 0 Å². The largest absolute Gasteiger partial charge is 0.368 e.